The molecule has 3 N–H and O–H groups in total. The molecule has 1 aromatic carbocycles. The van der Waals surface area contributed by atoms with Gasteiger partial charge in [-0.3, -0.25) is 4.57 Å². The van der Waals surface area contributed by atoms with Crippen LogP contribution in [0.5, 0.6) is 5.75 Å². The lowest BCUT2D eigenvalue weighted by Gasteiger charge is -2.17. The van der Waals surface area contributed by atoms with E-state index in [4.69, 9.17) is 10.5 Å². The molecule has 0 saturated carbocycles. The van der Waals surface area contributed by atoms with Crippen LogP contribution in [0.3, 0.4) is 0 Å². The second-order valence-electron chi connectivity index (χ2n) is 4.14. The van der Waals surface area contributed by atoms with Crippen molar-refractivity contribution in [2.75, 3.05) is 13.7 Å². The SMILES string of the molecule is CCn1c(SC(CN)c2ccccc2OC)n[nH]c1=O. The van der Waals surface area contributed by atoms with Gasteiger partial charge in [-0.25, -0.2) is 9.89 Å². The van der Waals surface area contributed by atoms with E-state index in [0.717, 1.165) is 11.3 Å². The van der Waals surface area contributed by atoms with E-state index < -0.39 is 0 Å². The molecule has 1 atom stereocenters. The second-order valence-corrected chi connectivity index (χ2v) is 5.31. The van der Waals surface area contributed by atoms with Crippen molar-refractivity contribution in [1.29, 1.82) is 0 Å². The minimum Gasteiger partial charge on any atom is -0.496 e. The fourth-order valence-electron chi connectivity index (χ4n) is 1.97. The van der Waals surface area contributed by atoms with Crippen molar-refractivity contribution in [2.45, 2.75) is 23.9 Å². The zero-order valence-corrected chi connectivity index (χ0v) is 12.3. The van der Waals surface area contributed by atoms with Crippen molar-refractivity contribution in [3.05, 3.63) is 40.3 Å². The van der Waals surface area contributed by atoms with E-state index >= 15 is 0 Å². The van der Waals surface area contributed by atoms with Gasteiger partial charge in [-0.2, -0.15) is 0 Å². The minimum atomic E-state index is -0.203. The summed E-state index contributed by atoms with van der Waals surface area (Å²) in [4.78, 5) is 11.6. The van der Waals surface area contributed by atoms with Gasteiger partial charge in [-0.15, -0.1) is 5.10 Å². The number of nitrogens with two attached hydrogens (primary N) is 1. The molecular weight excluding hydrogens is 276 g/mol. The van der Waals surface area contributed by atoms with Crippen molar-refractivity contribution in [3.8, 4) is 5.75 Å². The summed E-state index contributed by atoms with van der Waals surface area (Å²) in [6.07, 6.45) is 0. The number of nitrogens with zero attached hydrogens (tertiary/aromatic N) is 2. The number of nitrogens with one attached hydrogen (secondary N) is 1. The van der Waals surface area contributed by atoms with Gasteiger partial charge in [0.05, 0.1) is 12.4 Å². The van der Waals surface area contributed by atoms with E-state index in [1.165, 1.54) is 11.8 Å². The molecule has 2 rings (SSSR count). The molecule has 0 aliphatic rings. The fraction of sp³-hybridized carbons (Fsp3) is 0.385. The predicted molar refractivity (Wildman–Crippen MR) is 79.2 cm³/mol. The van der Waals surface area contributed by atoms with Gasteiger partial charge in [0.25, 0.3) is 0 Å². The van der Waals surface area contributed by atoms with Crippen LogP contribution < -0.4 is 16.2 Å². The molecule has 1 aromatic heterocycles. The first kappa shape index (κ1) is 14.7. The topological polar surface area (TPSA) is 85.9 Å². The third-order valence-corrected chi connectivity index (χ3v) is 4.24. The molecule has 0 radical (unpaired) electrons. The predicted octanol–water partition coefficient (Wildman–Crippen LogP) is 1.39. The lowest BCUT2D eigenvalue weighted by Crippen LogP contribution is -2.17. The highest BCUT2D eigenvalue weighted by molar-refractivity contribution is 7.99. The van der Waals surface area contributed by atoms with Crippen LogP contribution in [0, 0.1) is 0 Å². The molecule has 108 valence electrons. The monoisotopic (exact) mass is 294 g/mol. The molecule has 0 amide bonds. The Morgan fingerprint density at radius 1 is 1.50 bits per heavy atom. The number of methoxy groups -OCH3 is 1. The zero-order valence-electron chi connectivity index (χ0n) is 11.5. The molecule has 7 heteroatoms. The maximum Gasteiger partial charge on any atom is 0.343 e. The average molecular weight is 294 g/mol. The van der Waals surface area contributed by atoms with Gasteiger partial charge in [0.1, 0.15) is 5.75 Å². The summed E-state index contributed by atoms with van der Waals surface area (Å²) in [5.41, 5.74) is 6.67. The molecular formula is C13H18N4O2S. The smallest absolute Gasteiger partial charge is 0.343 e. The van der Waals surface area contributed by atoms with E-state index in [-0.39, 0.29) is 10.9 Å². The normalized spacial score (nSPS) is 12.3. The number of hydrogen-bond donors (Lipinski definition) is 2. The third-order valence-electron chi connectivity index (χ3n) is 2.99. The summed E-state index contributed by atoms with van der Waals surface area (Å²) in [5.74, 6) is 0.788. The number of hydrogen-bond acceptors (Lipinski definition) is 5. The Balaban J connectivity index is 2.31. The highest BCUT2D eigenvalue weighted by Crippen LogP contribution is 2.37. The molecule has 0 bridgehead atoms. The summed E-state index contributed by atoms with van der Waals surface area (Å²) < 4.78 is 6.95. The third kappa shape index (κ3) is 2.88. The van der Waals surface area contributed by atoms with E-state index in [1.54, 1.807) is 11.7 Å². The van der Waals surface area contributed by atoms with Gasteiger partial charge < -0.3 is 10.5 Å². The lowest BCUT2D eigenvalue weighted by molar-refractivity contribution is 0.409. The zero-order chi connectivity index (χ0) is 14.5. The first-order valence-corrected chi connectivity index (χ1v) is 7.24. The summed E-state index contributed by atoms with van der Waals surface area (Å²) >= 11 is 1.46. The average Bonchev–Trinajstić information content (AvgIpc) is 2.84. The number of thioether (sulfide) groups is 1. The number of ether oxygens (including phenoxy) is 1. The van der Waals surface area contributed by atoms with E-state index in [0.29, 0.717) is 18.2 Å². The van der Waals surface area contributed by atoms with Crippen LogP contribution in [0.4, 0.5) is 0 Å². The van der Waals surface area contributed by atoms with E-state index in [1.807, 2.05) is 31.2 Å². The Labute approximate surface area is 121 Å². The standard InChI is InChI=1S/C13H18N4O2S/c1-3-17-12(18)15-16-13(17)20-11(8-14)9-6-4-5-7-10(9)19-2/h4-7,11H,3,8,14H2,1-2H3,(H,15,18). The largest absolute Gasteiger partial charge is 0.496 e. The summed E-state index contributed by atoms with van der Waals surface area (Å²) in [5, 5.41) is 7.13. The second kappa shape index (κ2) is 6.62. The van der Waals surface area contributed by atoms with Crippen LogP contribution in [0.2, 0.25) is 0 Å². The number of aromatic nitrogens is 3. The Kier molecular flexibility index (Phi) is 4.86. The number of para-hydroxylation sites is 1. The van der Waals surface area contributed by atoms with Gasteiger partial charge in [-0.1, -0.05) is 30.0 Å². The maximum atomic E-state index is 11.6. The van der Waals surface area contributed by atoms with Crippen LogP contribution in [-0.2, 0) is 6.54 Å². The molecule has 0 saturated heterocycles. The molecule has 6 nitrogen and oxygen atoms in total. The van der Waals surface area contributed by atoms with Gasteiger partial charge in [0, 0.05) is 18.7 Å². The molecule has 2 aromatic rings. The van der Waals surface area contributed by atoms with Crippen molar-refractivity contribution >= 4 is 11.8 Å². The van der Waals surface area contributed by atoms with Crippen LogP contribution >= 0.6 is 11.8 Å². The van der Waals surface area contributed by atoms with Crippen molar-refractivity contribution in [3.63, 3.8) is 0 Å². The first-order valence-electron chi connectivity index (χ1n) is 6.36. The number of H-pyrrole nitrogens is 1. The minimum absolute atomic E-state index is 0.0216. The van der Waals surface area contributed by atoms with E-state index in [2.05, 4.69) is 10.2 Å². The maximum absolute atomic E-state index is 11.6. The van der Waals surface area contributed by atoms with Crippen LogP contribution in [0.25, 0.3) is 0 Å². The summed E-state index contributed by atoms with van der Waals surface area (Å²) in [7, 11) is 1.63. The van der Waals surface area contributed by atoms with Gasteiger partial charge >= 0.3 is 5.69 Å². The quantitative estimate of drug-likeness (QED) is 0.786. The summed E-state index contributed by atoms with van der Waals surface area (Å²) in [6.45, 7) is 2.90. The van der Waals surface area contributed by atoms with Crippen LogP contribution in [0.1, 0.15) is 17.7 Å². The van der Waals surface area contributed by atoms with Gasteiger partial charge in [-0.05, 0) is 13.0 Å². The molecule has 20 heavy (non-hydrogen) atoms. The van der Waals surface area contributed by atoms with Crippen LogP contribution in [-0.4, -0.2) is 28.4 Å². The van der Waals surface area contributed by atoms with Crippen molar-refractivity contribution in [1.82, 2.24) is 14.8 Å². The molecule has 0 aliphatic heterocycles. The van der Waals surface area contributed by atoms with Crippen molar-refractivity contribution < 1.29 is 4.74 Å². The number of benzene rings is 1. The highest BCUT2D eigenvalue weighted by Gasteiger charge is 2.19. The van der Waals surface area contributed by atoms with Gasteiger partial charge in [0.2, 0.25) is 0 Å². The Hall–Kier alpha value is -1.73. The molecule has 0 fully saturated rings. The van der Waals surface area contributed by atoms with Gasteiger partial charge in [0.15, 0.2) is 5.16 Å². The molecule has 0 aliphatic carbocycles. The Morgan fingerprint density at radius 2 is 2.25 bits per heavy atom. The summed E-state index contributed by atoms with van der Waals surface area (Å²) in [6, 6.07) is 7.73. The first-order chi connectivity index (χ1) is 9.71. The number of aromatic amines is 1. The fourth-order valence-corrected chi connectivity index (χ4v) is 3.08. The van der Waals surface area contributed by atoms with Crippen molar-refractivity contribution in [2.24, 2.45) is 5.73 Å². The lowest BCUT2D eigenvalue weighted by atomic mass is 10.1. The molecule has 1 unspecified atom stereocenters. The molecule has 1 heterocycles. The van der Waals surface area contributed by atoms with E-state index in [9.17, 15) is 4.79 Å². The van der Waals surface area contributed by atoms with Crippen LogP contribution in [0.15, 0.2) is 34.2 Å². The Bertz CT molecular complexity index is 623. The number of rotatable bonds is 6. The molecule has 0 spiro atoms. The Morgan fingerprint density at radius 3 is 2.90 bits per heavy atom. The highest BCUT2D eigenvalue weighted by atomic mass is 32.2.